The van der Waals surface area contributed by atoms with Gasteiger partial charge >= 0.3 is 0 Å². The summed E-state index contributed by atoms with van der Waals surface area (Å²) >= 11 is 9.61. The molecule has 1 unspecified atom stereocenters. The Balaban J connectivity index is 2.49. The van der Waals surface area contributed by atoms with Gasteiger partial charge in [-0.2, -0.15) is 12.6 Å². The summed E-state index contributed by atoms with van der Waals surface area (Å²) in [5.74, 6) is 2.72. The summed E-state index contributed by atoms with van der Waals surface area (Å²) < 4.78 is 1.08. The number of hydrogen-bond acceptors (Lipinski definition) is 3. The van der Waals surface area contributed by atoms with E-state index in [1.807, 2.05) is 18.3 Å². The van der Waals surface area contributed by atoms with Crippen LogP contribution in [0.15, 0.2) is 27.8 Å². The molecule has 0 fully saturated rings. The Morgan fingerprint density at radius 3 is 3.00 bits per heavy atom. The van der Waals surface area contributed by atoms with Crippen LogP contribution in [0.5, 0.6) is 0 Å². The van der Waals surface area contributed by atoms with Gasteiger partial charge in [0.15, 0.2) is 0 Å². The zero-order chi connectivity index (χ0) is 10.4. The van der Waals surface area contributed by atoms with E-state index in [-0.39, 0.29) is 0 Å². The molecule has 0 aliphatic carbocycles. The second-order valence-corrected chi connectivity index (χ2v) is 5.29. The van der Waals surface area contributed by atoms with Gasteiger partial charge in [-0.3, -0.25) is 0 Å². The first-order valence-electron chi connectivity index (χ1n) is 4.62. The SMILES string of the molecule is CCC(CS)CSc1ncccc1Br. The summed E-state index contributed by atoms with van der Waals surface area (Å²) in [6.45, 7) is 2.20. The average molecular weight is 292 g/mol. The first kappa shape index (κ1) is 12.4. The minimum absolute atomic E-state index is 0.678. The largest absolute Gasteiger partial charge is 0.249 e. The molecule has 0 radical (unpaired) electrons. The number of halogens is 1. The smallest absolute Gasteiger partial charge is 0.110 e. The van der Waals surface area contributed by atoms with Gasteiger partial charge in [0, 0.05) is 16.4 Å². The number of rotatable bonds is 5. The van der Waals surface area contributed by atoms with Crippen molar-refractivity contribution in [2.45, 2.75) is 18.4 Å². The van der Waals surface area contributed by atoms with Crippen LogP contribution in [0.4, 0.5) is 0 Å². The molecule has 0 bridgehead atoms. The summed E-state index contributed by atoms with van der Waals surface area (Å²) in [5.41, 5.74) is 0. The van der Waals surface area contributed by atoms with Crippen molar-refractivity contribution in [3.63, 3.8) is 0 Å². The fourth-order valence-electron chi connectivity index (χ4n) is 0.974. The quantitative estimate of drug-likeness (QED) is 0.653. The number of thioether (sulfide) groups is 1. The molecule has 0 N–H and O–H groups in total. The summed E-state index contributed by atoms with van der Waals surface area (Å²) in [4.78, 5) is 4.31. The Bertz CT molecular complexity index is 277. The Kier molecular flexibility index (Phi) is 5.98. The Morgan fingerprint density at radius 2 is 2.43 bits per heavy atom. The number of hydrogen-bond donors (Lipinski definition) is 1. The molecule has 0 saturated heterocycles. The van der Waals surface area contributed by atoms with Crippen molar-refractivity contribution in [2.24, 2.45) is 5.92 Å². The van der Waals surface area contributed by atoms with Crippen LogP contribution in [-0.4, -0.2) is 16.5 Å². The van der Waals surface area contributed by atoms with E-state index in [4.69, 9.17) is 0 Å². The Morgan fingerprint density at radius 1 is 1.64 bits per heavy atom. The molecular formula is C10H14BrNS2. The van der Waals surface area contributed by atoms with Gasteiger partial charge in [-0.1, -0.05) is 13.3 Å². The lowest BCUT2D eigenvalue weighted by molar-refractivity contribution is 0.649. The van der Waals surface area contributed by atoms with Crippen molar-refractivity contribution in [3.05, 3.63) is 22.8 Å². The molecule has 4 heteroatoms. The van der Waals surface area contributed by atoms with Crippen LogP contribution in [0.1, 0.15) is 13.3 Å². The predicted octanol–water partition coefficient (Wildman–Crippen LogP) is 3.89. The minimum atomic E-state index is 0.678. The predicted molar refractivity (Wildman–Crippen MR) is 70.3 cm³/mol. The molecule has 78 valence electrons. The van der Waals surface area contributed by atoms with Gasteiger partial charge in [-0.25, -0.2) is 4.98 Å². The van der Waals surface area contributed by atoms with Crippen molar-refractivity contribution < 1.29 is 0 Å². The number of thiol groups is 1. The lowest BCUT2D eigenvalue weighted by Crippen LogP contribution is -2.03. The van der Waals surface area contributed by atoms with Crippen molar-refractivity contribution >= 4 is 40.3 Å². The summed E-state index contributed by atoms with van der Waals surface area (Å²) in [7, 11) is 0. The average Bonchev–Trinajstić information content (AvgIpc) is 2.22. The van der Waals surface area contributed by atoms with Crippen molar-refractivity contribution in [3.8, 4) is 0 Å². The van der Waals surface area contributed by atoms with E-state index in [9.17, 15) is 0 Å². The molecule has 1 atom stereocenters. The molecule has 0 amide bonds. The van der Waals surface area contributed by atoms with Crippen molar-refractivity contribution in [1.82, 2.24) is 4.98 Å². The molecule has 0 aromatic carbocycles. The third-order valence-electron chi connectivity index (χ3n) is 2.02. The van der Waals surface area contributed by atoms with Gasteiger partial charge in [0.05, 0.1) is 0 Å². The van der Waals surface area contributed by atoms with Gasteiger partial charge in [-0.15, -0.1) is 11.8 Å². The molecule has 1 aromatic heterocycles. The molecule has 1 nitrogen and oxygen atoms in total. The summed E-state index contributed by atoms with van der Waals surface area (Å²) in [5, 5.41) is 1.08. The molecule has 0 aliphatic heterocycles. The van der Waals surface area contributed by atoms with Gasteiger partial charge in [0.1, 0.15) is 5.03 Å². The third kappa shape index (κ3) is 3.83. The molecule has 1 rings (SSSR count). The first-order chi connectivity index (χ1) is 6.77. The highest BCUT2D eigenvalue weighted by Gasteiger charge is 2.07. The van der Waals surface area contributed by atoms with E-state index in [0.29, 0.717) is 5.92 Å². The van der Waals surface area contributed by atoms with Crippen LogP contribution in [0, 0.1) is 5.92 Å². The van der Waals surface area contributed by atoms with E-state index >= 15 is 0 Å². The topological polar surface area (TPSA) is 12.9 Å². The molecule has 14 heavy (non-hydrogen) atoms. The standard InChI is InChI=1S/C10H14BrNS2/c1-2-8(6-13)7-14-10-9(11)4-3-5-12-10/h3-5,8,13H,2,6-7H2,1H3. The number of pyridine rings is 1. The highest BCUT2D eigenvalue weighted by molar-refractivity contribution is 9.10. The van der Waals surface area contributed by atoms with Crippen molar-refractivity contribution in [2.75, 3.05) is 11.5 Å². The second kappa shape index (κ2) is 6.75. The highest BCUT2D eigenvalue weighted by atomic mass is 79.9. The third-order valence-corrected chi connectivity index (χ3v) is 4.67. The molecule has 0 aliphatic rings. The van der Waals surface area contributed by atoms with E-state index in [2.05, 4.69) is 40.5 Å². The van der Waals surface area contributed by atoms with E-state index in [1.165, 1.54) is 6.42 Å². The molecule has 1 heterocycles. The van der Waals surface area contributed by atoms with Crippen LogP contribution >= 0.6 is 40.3 Å². The highest BCUT2D eigenvalue weighted by Crippen LogP contribution is 2.27. The Labute approximate surface area is 104 Å². The van der Waals surface area contributed by atoms with Gasteiger partial charge < -0.3 is 0 Å². The fraction of sp³-hybridized carbons (Fsp3) is 0.500. The van der Waals surface area contributed by atoms with E-state index < -0.39 is 0 Å². The molecular weight excluding hydrogens is 278 g/mol. The van der Waals surface area contributed by atoms with Gasteiger partial charge in [-0.05, 0) is 39.7 Å². The van der Waals surface area contributed by atoms with Crippen molar-refractivity contribution in [1.29, 1.82) is 0 Å². The zero-order valence-electron chi connectivity index (χ0n) is 8.11. The molecule has 0 spiro atoms. The number of nitrogens with zero attached hydrogens (tertiary/aromatic N) is 1. The molecule has 0 saturated carbocycles. The van der Waals surface area contributed by atoms with E-state index in [1.54, 1.807) is 11.8 Å². The number of aromatic nitrogens is 1. The normalized spacial score (nSPS) is 12.8. The maximum Gasteiger partial charge on any atom is 0.110 e. The first-order valence-corrected chi connectivity index (χ1v) is 7.03. The van der Waals surface area contributed by atoms with Crippen LogP contribution in [0.2, 0.25) is 0 Å². The van der Waals surface area contributed by atoms with Gasteiger partial charge in [0.2, 0.25) is 0 Å². The van der Waals surface area contributed by atoms with Gasteiger partial charge in [0.25, 0.3) is 0 Å². The zero-order valence-corrected chi connectivity index (χ0v) is 11.4. The van der Waals surface area contributed by atoms with Crippen LogP contribution in [-0.2, 0) is 0 Å². The monoisotopic (exact) mass is 291 g/mol. The molecule has 1 aromatic rings. The van der Waals surface area contributed by atoms with Crippen LogP contribution in [0.3, 0.4) is 0 Å². The van der Waals surface area contributed by atoms with E-state index in [0.717, 1.165) is 21.0 Å². The fourth-order valence-corrected chi connectivity index (χ4v) is 3.22. The maximum atomic E-state index is 4.32. The lowest BCUT2D eigenvalue weighted by Gasteiger charge is -2.10. The second-order valence-electron chi connectivity index (χ2n) is 3.06. The van der Waals surface area contributed by atoms with Crippen LogP contribution in [0.25, 0.3) is 0 Å². The lowest BCUT2D eigenvalue weighted by atomic mass is 10.2. The summed E-state index contributed by atoms with van der Waals surface area (Å²) in [6, 6.07) is 3.96. The maximum absolute atomic E-state index is 4.32. The van der Waals surface area contributed by atoms with Crippen LogP contribution < -0.4 is 0 Å². The summed E-state index contributed by atoms with van der Waals surface area (Å²) in [6.07, 6.45) is 3.01. The minimum Gasteiger partial charge on any atom is -0.249 e. The Hall–Kier alpha value is 0.330.